The van der Waals surface area contributed by atoms with Gasteiger partial charge in [0.15, 0.2) is 17.3 Å². The number of ether oxygens (including phenoxy) is 3. The van der Waals surface area contributed by atoms with Gasteiger partial charge in [0.2, 0.25) is 0 Å². The van der Waals surface area contributed by atoms with Crippen molar-refractivity contribution in [2.24, 2.45) is 5.92 Å². The van der Waals surface area contributed by atoms with Crippen molar-refractivity contribution >= 4 is 5.78 Å². The fourth-order valence-corrected chi connectivity index (χ4v) is 3.44. The molecule has 0 unspecified atom stereocenters. The first-order valence-electron chi connectivity index (χ1n) is 9.89. The minimum absolute atomic E-state index is 0.0524. The summed E-state index contributed by atoms with van der Waals surface area (Å²) in [5, 5.41) is 3.64. The lowest BCUT2D eigenvalue weighted by atomic mass is 9.95. The molecule has 1 heterocycles. The normalized spacial score (nSPS) is 14.0. The summed E-state index contributed by atoms with van der Waals surface area (Å²) < 4.78 is 17.1. The van der Waals surface area contributed by atoms with Crippen LogP contribution in [0.4, 0.5) is 0 Å². The van der Waals surface area contributed by atoms with E-state index in [9.17, 15) is 4.79 Å². The van der Waals surface area contributed by atoms with Crippen LogP contribution >= 0.6 is 0 Å². The van der Waals surface area contributed by atoms with Gasteiger partial charge in [-0.25, -0.2) is 0 Å². The number of benzene rings is 2. The topological polar surface area (TPSA) is 56.8 Å². The predicted octanol–water partition coefficient (Wildman–Crippen LogP) is 4.55. The lowest BCUT2D eigenvalue weighted by molar-refractivity contribution is 0.101. The van der Waals surface area contributed by atoms with Crippen LogP contribution in [0.25, 0.3) is 0 Å². The largest absolute Gasteiger partial charge is 0.494 e. The number of hydrogen-bond donors (Lipinski definition) is 1. The van der Waals surface area contributed by atoms with Gasteiger partial charge in [0.1, 0.15) is 19.0 Å². The van der Waals surface area contributed by atoms with Gasteiger partial charge in [-0.05, 0) is 55.7 Å². The number of ketones is 1. The van der Waals surface area contributed by atoms with Gasteiger partial charge in [-0.3, -0.25) is 4.79 Å². The van der Waals surface area contributed by atoms with Crippen molar-refractivity contribution in [1.29, 1.82) is 0 Å². The van der Waals surface area contributed by atoms with Crippen molar-refractivity contribution in [1.82, 2.24) is 5.32 Å². The number of hydrogen-bond acceptors (Lipinski definition) is 5. The van der Waals surface area contributed by atoms with Crippen LogP contribution in [0.3, 0.4) is 0 Å². The number of carbonyl (C=O) groups excluding carboxylic acids is 1. The molecular weight excluding hydrogens is 354 g/mol. The van der Waals surface area contributed by atoms with E-state index in [1.165, 1.54) is 0 Å². The smallest absolute Gasteiger partial charge is 0.161 e. The van der Waals surface area contributed by atoms with Crippen molar-refractivity contribution < 1.29 is 19.0 Å². The van der Waals surface area contributed by atoms with E-state index in [0.717, 1.165) is 28.4 Å². The minimum atomic E-state index is 0.0524. The molecule has 150 valence electrons. The number of rotatable bonds is 8. The molecule has 0 bridgehead atoms. The second kappa shape index (κ2) is 9.11. The fraction of sp³-hybridized carbons (Fsp3) is 0.435. The highest BCUT2D eigenvalue weighted by Crippen LogP contribution is 2.34. The Morgan fingerprint density at radius 2 is 1.86 bits per heavy atom. The van der Waals surface area contributed by atoms with Crippen LogP contribution in [0.2, 0.25) is 0 Å². The third-order valence-corrected chi connectivity index (χ3v) is 4.87. The molecule has 0 saturated heterocycles. The van der Waals surface area contributed by atoms with E-state index in [2.05, 4.69) is 31.3 Å². The van der Waals surface area contributed by atoms with E-state index in [4.69, 9.17) is 14.2 Å². The molecule has 5 heteroatoms. The molecular formula is C23H29NO4. The zero-order chi connectivity index (χ0) is 20.1. The molecule has 0 amide bonds. The summed E-state index contributed by atoms with van der Waals surface area (Å²) in [5.74, 6) is 2.82. The summed E-state index contributed by atoms with van der Waals surface area (Å²) >= 11 is 0. The number of carbonyl (C=O) groups is 1. The molecule has 0 radical (unpaired) electrons. The lowest BCUT2D eigenvalue weighted by Gasteiger charge is -2.26. The van der Waals surface area contributed by atoms with Gasteiger partial charge < -0.3 is 19.5 Å². The van der Waals surface area contributed by atoms with E-state index in [0.29, 0.717) is 37.8 Å². The predicted molar refractivity (Wildman–Crippen MR) is 109 cm³/mol. The quantitative estimate of drug-likeness (QED) is 0.678. The van der Waals surface area contributed by atoms with E-state index in [1.807, 2.05) is 31.2 Å². The highest BCUT2D eigenvalue weighted by molar-refractivity contribution is 5.94. The highest BCUT2D eigenvalue weighted by atomic mass is 16.6. The Bertz CT molecular complexity index is 831. The van der Waals surface area contributed by atoms with Gasteiger partial charge in [0, 0.05) is 23.7 Å². The maximum atomic E-state index is 11.8. The van der Waals surface area contributed by atoms with E-state index in [-0.39, 0.29) is 11.8 Å². The van der Waals surface area contributed by atoms with Crippen LogP contribution in [-0.2, 0) is 6.54 Å². The number of nitrogens with one attached hydrogen (secondary N) is 1. The van der Waals surface area contributed by atoms with Gasteiger partial charge in [0.25, 0.3) is 0 Å². The van der Waals surface area contributed by atoms with Gasteiger partial charge in [-0.1, -0.05) is 19.9 Å². The maximum Gasteiger partial charge on any atom is 0.161 e. The fourth-order valence-electron chi connectivity index (χ4n) is 3.44. The Balaban J connectivity index is 1.82. The van der Waals surface area contributed by atoms with Crippen LogP contribution in [0.5, 0.6) is 17.2 Å². The third-order valence-electron chi connectivity index (χ3n) is 4.87. The summed E-state index contributed by atoms with van der Waals surface area (Å²) in [5.41, 5.74) is 2.83. The first-order chi connectivity index (χ1) is 13.5. The van der Waals surface area contributed by atoms with Crippen molar-refractivity contribution in [3.05, 3.63) is 53.1 Å². The molecule has 2 aromatic rings. The van der Waals surface area contributed by atoms with Crippen LogP contribution in [0.15, 0.2) is 36.4 Å². The molecule has 1 aliphatic rings. The molecule has 0 aliphatic carbocycles. The molecule has 0 spiro atoms. The van der Waals surface area contributed by atoms with E-state index in [1.54, 1.807) is 6.92 Å². The summed E-state index contributed by atoms with van der Waals surface area (Å²) in [6, 6.07) is 11.9. The Kier molecular flexibility index (Phi) is 6.57. The Hall–Kier alpha value is -2.53. The van der Waals surface area contributed by atoms with Crippen molar-refractivity contribution in [3.8, 4) is 17.2 Å². The van der Waals surface area contributed by atoms with Gasteiger partial charge >= 0.3 is 0 Å². The molecule has 5 nitrogen and oxygen atoms in total. The number of fused-ring (bicyclic) bond motifs is 1. The van der Waals surface area contributed by atoms with Crippen LogP contribution in [0, 0.1) is 5.92 Å². The Morgan fingerprint density at radius 1 is 1.11 bits per heavy atom. The molecule has 1 aliphatic heterocycles. The summed E-state index contributed by atoms with van der Waals surface area (Å²) in [4.78, 5) is 11.8. The zero-order valence-electron chi connectivity index (χ0n) is 17.1. The van der Waals surface area contributed by atoms with Gasteiger partial charge in [-0.15, -0.1) is 0 Å². The molecule has 28 heavy (non-hydrogen) atoms. The van der Waals surface area contributed by atoms with Gasteiger partial charge in [-0.2, -0.15) is 0 Å². The van der Waals surface area contributed by atoms with E-state index >= 15 is 0 Å². The Morgan fingerprint density at radius 3 is 2.54 bits per heavy atom. The second-order valence-corrected chi connectivity index (χ2v) is 7.32. The molecule has 1 N–H and O–H groups in total. The van der Waals surface area contributed by atoms with Crippen LogP contribution in [0.1, 0.15) is 55.2 Å². The SMILES string of the molecule is CCOc1ccc(C(C)=O)cc1CN[C@H](c1ccc2c(c1)OCCO2)C(C)C. The molecule has 1 atom stereocenters. The third kappa shape index (κ3) is 4.65. The molecule has 0 aromatic heterocycles. The second-order valence-electron chi connectivity index (χ2n) is 7.32. The zero-order valence-corrected chi connectivity index (χ0v) is 17.1. The average molecular weight is 383 g/mol. The first-order valence-corrected chi connectivity index (χ1v) is 9.89. The summed E-state index contributed by atoms with van der Waals surface area (Å²) in [6.45, 7) is 10.3. The highest BCUT2D eigenvalue weighted by Gasteiger charge is 2.20. The Labute approximate surface area is 167 Å². The van der Waals surface area contributed by atoms with Gasteiger partial charge in [0.05, 0.1) is 6.61 Å². The number of Topliss-reactive ketones (excluding diaryl/α,β-unsaturated/α-hetero) is 1. The lowest BCUT2D eigenvalue weighted by Crippen LogP contribution is -2.26. The molecule has 3 rings (SSSR count). The summed E-state index contributed by atoms with van der Waals surface area (Å²) in [6.07, 6.45) is 0. The van der Waals surface area contributed by atoms with Crippen molar-refractivity contribution in [2.45, 2.75) is 40.3 Å². The molecule has 0 fully saturated rings. The van der Waals surface area contributed by atoms with Crippen LogP contribution < -0.4 is 19.5 Å². The maximum absolute atomic E-state index is 11.8. The van der Waals surface area contributed by atoms with Crippen LogP contribution in [-0.4, -0.2) is 25.6 Å². The standard InChI is InChI=1S/C23H29NO4/c1-5-26-20-8-6-17(16(4)25)12-19(20)14-24-23(15(2)3)18-7-9-21-22(13-18)28-11-10-27-21/h6-9,12-13,15,23-24H,5,10-11,14H2,1-4H3/t23-/m0/s1. The minimum Gasteiger partial charge on any atom is -0.494 e. The summed E-state index contributed by atoms with van der Waals surface area (Å²) in [7, 11) is 0. The van der Waals surface area contributed by atoms with Crippen molar-refractivity contribution in [2.75, 3.05) is 19.8 Å². The van der Waals surface area contributed by atoms with E-state index < -0.39 is 0 Å². The van der Waals surface area contributed by atoms with Crippen molar-refractivity contribution in [3.63, 3.8) is 0 Å². The molecule has 0 saturated carbocycles. The average Bonchev–Trinajstić information content (AvgIpc) is 2.69. The molecule has 2 aromatic carbocycles. The first kappa shape index (κ1) is 20.2. The monoisotopic (exact) mass is 383 g/mol.